The fourth-order valence-electron chi connectivity index (χ4n) is 3.57. The molecule has 2 amide bonds. The second-order valence-corrected chi connectivity index (χ2v) is 7.89. The van der Waals surface area contributed by atoms with E-state index in [1.807, 2.05) is 17.5 Å². The van der Waals surface area contributed by atoms with Crippen molar-refractivity contribution in [3.05, 3.63) is 52.9 Å². The molecular weight excluding hydrogens is 418 g/mol. The maximum absolute atomic E-state index is 13.1. The smallest absolute Gasteiger partial charge is 0.265 e. The predicted molar refractivity (Wildman–Crippen MR) is 115 cm³/mol. The number of nitrogens with zero attached hydrogens (tertiary/aromatic N) is 3. The number of Topliss-reactive ketones (excluding diaryl/α,β-unsaturated/α-hetero) is 1. The molecule has 0 spiro atoms. The predicted octanol–water partition coefficient (Wildman–Crippen LogP) is 2.77. The van der Waals surface area contributed by atoms with E-state index in [0.717, 1.165) is 11.3 Å². The highest BCUT2D eigenvalue weighted by molar-refractivity contribution is 7.07. The number of hydrogen-bond donors (Lipinski definition) is 0. The van der Waals surface area contributed by atoms with E-state index in [2.05, 4.69) is 4.98 Å². The van der Waals surface area contributed by atoms with Crippen molar-refractivity contribution in [2.75, 3.05) is 36.6 Å². The first-order chi connectivity index (χ1) is 15.0. The number of rotatable bonds is 4. The van der Waals surface area contributed by atoms with E-state index >= 15 is 0 Å². The highest BCUT2D eigenvalue weighted by Crippen LogP contribution is 2.37. The van der Waals surface area contributed by atoms with Gasteiger partial charge in [0.05, 0.1) is 29.1 Å². The van der Waals surface area contributed by atoms with E-state index in [-0.39, 0.29) is 37.4 Å². The van der Waals surface area contributed by atoms with Crippen LogP contribution < -0.4 is 19.3 Å². The number of aromatic nitrogens is 1. The molecule has 1 aromatic heterocycles. The topological polar surface area (TPSA) is 89.0 Å². The molecule has 2 aromatic carbocycles. The Labute approximate surface area is 181 Å². The zero-order chi connectivity index (χ0) is 21.5. The van der Waals surface area contributed by atoms with Gasteiger partial charge in [-0.3, -0.25) is 19.3 Å². The van der Waals surface area contributed by atoms with Gasteiger partial charge in [0.1, 0.15) is 11.5 Å². The molecular formula is C22H17N3O5S. The third-order valence-corrected chi connectivity index (χ3v) is 5.89. The maximum Gasteiger partial charge on any atom is 0.265 e. The average Bonchev–Trinajstić information content (AvgIpc) is 3.33. The Kier molecular flexibility index (Phi) is 4.67. The zero-order valence-corrected chi connectivity index (χ0v) is 17.3. The molecule has 0 atom stereocenters. The van der Waals surface area contributed by atoms with Gasteiger partial charge in [0.15, 0.2) is 19.0 Å². The number of ketones is 1. The number of thiazole rings is 1. The molecule has 0 bridgehead atoms. The molecule has 2 aliphatic heterocycles. The summed E-state index contributed by atoms with van der Waals surface area (Å²) in [5, 5.41) is 1.91. The van der Waals surface area contributed by atoms with Crippen LogP contribution in [-0.4, -0.2) is 49.4 Å². The Morgan fingerprint density at radius 3 is 2.55 bits per heavy atom. The summed E-state index contributed by atoms with van der Waals surface area (Å²) in [6.07, 6.45) is 0. The van der Waals surface area contributed by atoms with Gasteiger partial charge in [0.25, 0.3) is 11.8 Å². The van der Waals surface area contributed by atoms with Crippen molar-refractivity contribution < 1.29 is 23.9 Å². The molecule has 0 N–H and O–H groups in total. The lowest BCUT2D eigenvalue weighted by Gasteiger charge is -2.29. The number of hydrogen-bond acceptors (Lipinski definition) is 7. The van der Waals surface area contributed by atoms with E-state index in [9.17, 15) is 14.4 Å². The molecule has 5 rings (SSSR count). The normalized spacial score (nSPS) is 15.1. The SMILES string of the molecule is CN1C(=O)COc2ccc(C(=O)CN3C(=O)COc4ccc(-c5cscn5)cc43)cc21. The first-order valence-electron chi connectivity index (χ1n) is 9.53. The van der Waals surface area contributed by atoms with Crippen LogP contribution in [0, 0.1) is 0 Å². The number of ether oxygens (including phenoxy) is 2. The minimum atomic E-state index is -0.301. The minimum absolute atomic E-state index is 0.0306. The molecule has 0 unspecified atom stereocenters. The van der Waals surface area contributed by atoms with E-state index in [1.54, 1.807) is 36.8 Å². The van der Waals surface area contributed by atoms with Crippen LogP contribution in [0.15, 0.2) is 47.3 Å². The van der Waals surface area contributed by atoms with Crippen molar-refractivity contribution in [3.63, 3.8) is 0 Å². The van der Waals surface area contributed by atoms with Crippen molar-refractivity contribution >= 4 is 40.3 Å². The summed E-state index contributed by atoms with van der Waals surface area (Å²) in [6.45, 7) is -0.310. The van der Waals surface area contributed by atoms with Gasteiger partial charge < -0.3 is 14.4 Å². The fourth-order valence-corrected chi connectivity index (χ4v) is 4.13. The molecule has 31 heavy (non-hydrogen) atoms. The fraction of sp³-hybridized carbons (Fsp3) is 0.182. The summed E-state index contributed by atoms with van der Waals surface area (Å²) in [6, 6.07) is 10.4. The second kappa shape index (κ2) is 7.51. The van der Waals surface area contributed by atoms with Crippen LogP contribution in [0.2, 0.25) is 0 Å². The summed E-state index contributed by atoms with van der Waals surface area (Å²) < 4.78 is 11.0. The van der Waals surface area contributed by atoms with Gasteiger partial charge in [0, 0.05) is 23.6 Å². The Hall–Kier alpha value is -3.72. The van der Waals surface area contributed by atoms with Crippen LogP contribution in [-0.2, 0) is 9.59 Å². The highest BCUT2D eigenvalue weighted by Gasteiger charge is 2.29. The van der Waals surface area contributed by atoms with Crippen LogP contribution >= 0.6 is 11.3 Å². The highest BCUT2D eigenvalue weighted by atomic mass is 32.1. The molecule has 8 nitrogen and oxygen atoms in total. The molecule has 0 saturated carbocycles. The van der Waals surface area contributed by atoms with Gasteiger partial charge >= 0.3 is 0 Å². The van der Waals surface area contributed by atoms with Gasteiger partial charge in [-0.25, -0.2) is 4.98 Å². The molecule has 9 heteroatoms. The van der Waals surface area contributed by atoms with Crippen LogP contribution in [0.5, 0.6) is 11.5 Å². The second-order valence-electron chi connectivity index (χ2n) is 7.17. The number of likely N-dealkylation sites (N-methyl/N-ethyl adjacent to an activating group) is 1. The molecule has 3 aromatic rings. The lowest BCUT2D eigenvalue weighted by atomic mass is 10.1. The van der Waals surface area contributed by atoms with Gasteiger partial charge in [-0.15, -0.1) is 11.3 Å². The van der Waals surface area contributed by atoms with Crippen molar-refractivity contribution in [2.45, 2.75) is 0 Å². The van der Waals surface area contributed by atoms with Crippen molar-refractivity contribution in [1.29, 1.82) is 0 Å². The van der Waals surface area contributed by atoms with Crippen LogP contribution in [0.3, 0.4) is 0 Å². The molecule has 0 aliphatic carbocycles. The maximum atomic E-state index is 13.1. The molecule has 156 valence electrons. The van der Waals surface area contributed by atoms with Crippen molar-refractivity contribution in [3.8, 4) is 22.8 Å². The van der Waals surface area contributed by atoms with Crippen LogP contribution in [0.4, 0.5) is 11.4 Å². The number of amides is 2. The summed E-state index contributed by atoms with van der Waals surface area (Å²) >= 11 is 1.48. The lowest BCUT2D eigenvalue weighted by Crippen LogP contribution is -2.42. The van der Waals surface area contributed by atoms with Crippen LogP contribution in [0.25, 0.3) is 11.3 Å². The lowest BCUT2D eigenvalue weighted by molar-refractivity contribution is -0.121. The minimum Gasteiger partial charge on any atom is -0.482 e. The third-order valence-electron chi connectivity index (χ3n) is 5.30. The average molecular weight is 435 g/mol. The van der Waals surface area contributed by atoms with E-state index in [1.165, 1.54) is 21.1 Å². The third kappa shape index (κ3) is 3.42. The van der Waals surface area contributed by atoms with Gasteiger partial charge in [-0.05, 0) is 36.4 Å². The molecule has 0 saturated heterocycles. The molecule has 2 aliphatic rings. The summed E-state index contributed by atoms with van der Waals surface area (Å²) in [5.41, 5.74) is 4.81. The monoisotopic (exact) mass is 435 g/mol. The van der Waals surface area contributed by atoms with Crippen molar-refractivity contribution in [2.24, 2.45) is 0 Å². The zero-order valence-electron chi connectivity index (χ0n) is 16.5. The molecule has 3 heterocycles. The number of benzene rings is 2. The Bertz CT molecular complexity index is 1210. The Balaban J connectivity index is 1.45. The Morgan fingerprint density at radius 2 is 1.77 bits per heavy atom. The summed E-state index contributed by atoms with van der Waals surface area (Å²) in [7, 11) is 1.64. The van der Waals surface area contributed by atoms with E-state index < -0.39 is 0 Å². The first-order valence-corrected chi connectivity index (χ1v) is 10.5. The summed E-state index contributed by atoms with van der Waals surface area (Å²) in [4.78, 5) is 44.8. The largest absolute Gasteiger partial charge is 0.482 e. The quantitative estimate of drug-likeness (QED) is 0.586. The Morgan fingerprint density at radius 1 is 1.03 bits per heavy atom. The van der Waals surface area contributed by atoms with Gasteiger partial charge in [-0.2, -0.15) is 0 Å². The van der Waals surface area contributed by atoms with Gasteiger partial charge in [-0.1, -0.05) is 0 Å². The number of carbonyl (C=O) groups excluding carboxylic acids is 3. The number of fused-ring (bicyclic) bond motifs is 2. The molecule has 0 radical (unpaired) electrons. The number of carbonyl (C=O) groups is 3. The molecule has 0 fully saturated rings. The summed E-state index contributed by atoms with van der Waals surface area (Å²) in [5.74, 6) is 0.332. The van der Waals surface area contributed by atoms with Crippen LogP contribution in [0.1, 0.15) is 10.4 Å². The number of anilines is 2. The standard InChI is InChI=1S/C22H17N3O5S/c1-24-16-7-14(3-5-19(16)29-9-21(24)27)18(26)8-25-17-6-13(15-11-31-12-23-15)2-4-20(17)30-10-22(25)28/h2-7,11-12H,8-10H2,1H3. The van der Waals surface area contributed by atoms with E-state index in [0.29, 0.717) is 28.4 Å². The van der Waals surface area contributed by atoms with Gasteiger partial charge in [0.2, 0.25) is 0 Å². The van der Waals surface area contributed by atoms with Crippen molar-refractivity contribution in [1.82, 2.24) is 4.98 Å². The first kappa shape index (κ1) is 19.3. The van der Waals surface area contributed by atoms with E-state index in [4.69, 9.17) is 9.47 Å².